The predicted octanol–water partition coefficient (Wildman–Crippen LogP) is 4.77. The van der Waals surface area contributed by atoms with Gasteiger partial charge in [-0.15, -0.1) is 0 Å². The summed E-state index contributed by atoms with van der Waals surface area (Å²) >= 11 is 5.88. The third-order valence-corrected chi connectivity index (χ3v) is 5.33. The van der Waals surface area contributed by atoms with Crippen molar-refractivity contribution in [2.45, 2.75) is 6.92 Å². The molecule has 3 aromatic rings. The molecule has 0 bridgehead atoms. The van der Waals surface area contributed by atoms with Crippen molar-refractivity contribution < 1.29 is 23.9 Å². The van der Waals surface area contributed by atoms with Gasteiger partial charge in [0.05, 0.1) is 5.69 Å². The van der Waals surface area contributed by atoms with E-state index in [4.69, 9.17) is 21.1 Å². The van der Waals surface area contributed by atoms with Crippen molar-refractivity contribution in [1.82, 2.24) is 5.32 Å². The number of rotatable bonds is 7. The maximum Gasteiger partial charge on any atom is 0.335 e. The first-order valence-electron chi connectivity index (χ1n) is 10.5. The van der Waals surface area contributed by atoms with E-state index in [9.17, 15) is 14.4 Å². The summed E-state index contributed by atoms with van der Waals surface area (Å²) in [5.41, 5.74) is 1.81. The smallest absolute Gasteiger partial charge is 0.335 e. The molecule has 4 amide bonds. The summed E-state index contributed by atoms with van der Waals surface area (Å²) in [5.74, 6) is -0.0406. The van der Waals surface area contributed by atoms with Gasteiger partial charge >= 0.3 is 6.03 Å². The molecule has 34 heavy (non-hydrogen) atoms. The van der Waals surface area contributed by atoms with Crippen LogP contribution in [0.25, 0.3) is 6.08 Å². The van der Waals surface area contributed by atoms with Gasteiger partial charge in [0.2, 0.25) is 0 Å². The summed E-state index contributed by atoms with van der Waals surface area (Å²) < 4.78 is 11.4. The normalized spacial score (nSPS) is 14.8. The van der Waals surface area contributed by atoms with Gasteiger partial charge in [0.1, 0.15) is 30.3 Å². The van der Waals surface area contributed by atoms with Gasteiger partial charge in [0.25, 0.3) is 11.8 Å². The number of urea groups is 1. The highest BCUT2D eigenvalue weighted by Crippen LogP contribution is 2.24. The molecular formula is C26H21ClN2O5. The van der Waals surface area contributed by atoms with Crippen molar-refractivity contribution in [2.75, 3.05) is 18.1 Å². The largest absolute Gasteiger partial charge is 0.490 e. The van der Waals surface area contributed by atoms with Crippen LogP contribution in [0.2, 0.25) is 5.02 Å². The van der Waals surface area contributed by atoms with E-state index in [1.165, 1.54) is 18.2 Å². The highest BCUT2D eigenvalue weighted by Gasteiger charge is 2.36. The van der Waals surface area contributed by atoms with Gasteiger partial charge in [-0.2, -0.15) is 0 Å². The minimum Gasteiger partial charge on any atom is -0.490 e. The summed E-state index contributed by atoms with van der Waals surface area (Å²) in [6, 6.07) is 20.0. The zero-order valence-corrected chi connectivity index (χ0v) is 19.0. The van der Waals surface area contributed by atoms with Gasteiger partial charge in [0.15, 0.2) is 0 Å². The number of para-hydroxylation sites is 1. The lowest BCUT2D eigenvalue weighted by molar-refractivity contribution is -0.122. The molecule has 1 aliphatic heterocycles. The molecule has 1 saturated heterocycles. The van der Waals surface area contributed by atoms with Crippen LogP contribution in [0.1, 0.15) is 11.1 Å². The molecule has 4 rings (SSSR count). The fourth-order valence-corrected chi connectivity index (χ4v) is 3.46. The number of barbiturate groups is 1. The molecule has 7 nitrogen and oxygen atoms in total. The second-order valence-electron chi connectivity index (χ2n) is 7.47. The van der Waals surface area contributed by atoms with Gasteiger partial charge < -0.3 is 9.47 Å². The Morgan fingerprint density at radius 2 is 1.56 bits per heavy atom. The summed E-state index contributed by atoms with van der Waals surface area (Å²) in [5, 5.41) is 2.66. The topological polar surface area (TPSA) is 84.9 Å². The number of carbonyl (C=O) groups is 3. The van der Waals surface area contributed by atoms with Crippen LogP contribution in [0.4, 0.5) is 10.5 Å². The molecule has 0 aromatic heterocycles. The van der Waals surface area contributed by atoms with Crippen molar-refractivity contribution in [3.63, 3.8) is 0 Å². The van der Waals surface area contributed by atoms with Gasteiger partial charge in [-0.1, -0.05) is 41.9 Å². The number of nitrogens with zero attached hydrogens (tertiary/aromatic N) is 1. The molecule has 1 heterocycles. The first kappa shape index (κ1) is 23.1. The highest BCUT2D eigenvalue weighted by molar-refractivity contribution is 6.39. The van der Waals surface area contributed by atoms with E-state index in [1.54, 1.807) is 36.4 Å². The fraction of sp³-hybridized carbons (Fsp3) is 0.115. The molecule has 1 fully saturated rings. The number of ether oxygens (including phenoxy) is 2. The van der Waals surface area contributed by atoms with Crippen LogP contribution in [0, 0.1) is 6.92 Å². The average Bonchev–Trinajstić information content (AvgIpc) is 2.82. The molecular weight excluding hydrogens is 456 g/mol. The second kappa shape index (κ2) is 10.2. The maximum atomic E-state index is 12.9. The third-order valence-electron chi connectivity index (χ3n) is 5.08. The van der Waals surface area contributed by atoms with Gasteiger partial charge in [-0.25, -0.2) is 9.69 Å². The first-order chi connectivity index (χ1) is 16.4. The number of aryl methyl sites for hydroxylation is 1. The van der Waals surface area contributed by atoms with Crippen LogP contribution in [0.3, 0.4) is 0 Å². The molecule has 3 aromatic carbocycles. The lowest BCUT2D eigenvalue weighted by Crippen LogP contribution is -2.54. The Labute approximate surface area is 201 Å². The Morgan fingerprint density at radius 3 is 2.26 bits per heavy atom. The van der Waals surface area contributed by atoms with Crippen molar-refractivity contribution in [3.05, 3.63) is 94.5 Å². The van der Waals surface area contributed by atoms with Crippen LogP contribution in [0.15, 0.2) is 78.4 Å². The van der Waals surface area contributed by atoms with E-state index in [2.05, 4.69) is 5.32 Å². The minimum absolute atomic E-state index is 0.158. The summed E-state index contributed by atoms with van der Waals surface area (Å²) in [6.45, 7) is 2.72. The molecule has 0 unspecified atom stereocenters. The molecule has 0 radical (unpaired) electrons. The number of nitrogens with one attached hydrogen (secondary N) is 1. The predicted molar refractivity (Wildman–Crippen MR) is 129 cm³/mol. The molecule has 1 N–H and O–H groups in total. The standard InChI is InChI=1S/C26H21ClN2O5/c1-17-4-2-3-5-23(17)34-15-14-33-21-12-6-18(7-13-21)16-22-24(30)28-26(32)29(25(22)31)20-10-8-19(27)9-11-20/h2-13,16H,14-15H2,1H3,(H,28,30,32)/b22-16-. The van der Waals surface area contributed by atoms with Gasteiger partial charge in [-0.3, -0.25) is 14.9 Å². The Balaban J connectivity index is 1.41. The number of amides is 4. The van der Waals surface area contributed by atoms with E-state index in [0.717, 1.165) is 16.2 Å². The average molecular weight is 477 g/mol. The number of hydrogen-bond acceptors (Lipinski definition) is 5. The lowest BCUT2D eigenvalue weighted by Gasteiger charge is -2.26. The SMILES string of the molecule is Cc1ccccc1OCCOc1ccc(/C=C2/C(=O)NC(=O)N(c3ccc(Cl)cc3)C2=O)cc1. The Kier molecular flexibility index (Phi) is 6.94. The van der Waals surface area contributed by atoms with Crippen LogP contribution in [-0.4, -0.2) is 31.1 Å². The molecule has 172 valence electrons. The molecule has 0 spiro atoms. The van der Waals surface area contributed by atoms with Crippen LogP contribution >= 0.6 is 11.6 Å². The van der Waals surface area contributed by atoms with Gasteiger partial charge in [-0.05, 0) is 66.6 Å². The summed E-state index contributed by atoms with van der Waals surface area (Å²) in [4.78, 5) is 38.4. The van der Waals surface area contributed by atoms with Crippen molar-refractivity contribution in [1.29, 1.82) is 0 Å². The van der Waals surface area contributed by atoms with E-state index < -0.39 is 17.8 Å². The van der Waals surface area contributed by atoms with Crippen molar-refractivity contribution in [3.8, 4) is 11.5 Å². The highest BCUT2D eigenvalue weighted by atomic mass is 35.5. The zero-order valence-electron chi connectivity index (χ0n) is 18.3. The van der Waals surface area contributed by atoms with Crippen LogP contribution < -0.4 is 19.7 Å². The van der Waals surface area contributed by atoms with Crippen LogP contribution in [0.5, 0.6) is 11.5 Å². The molecule has 0 aliphatic carbocycles. The Morgan fingerprint density at radius 1 is 0.882 bits per heavy atom. The first-order valence-corrected chi connectivity index (χ1v) is 10.9. The summed E-state index contributed by atoms with van der Waals surface area (Å²) in [7, 11) is 0. The number of halogens is 1. The van der Waals surface area contributed by atoms with E-state index in [-0.39, 0.29) is 5.57 Å². The molecule has 0 atom stereocenters. The van der Waals surface area contributed by atoms with E-state index in [0.29, 0.717) is 35.2 Å². The molecule has 8 heteroatoms. The summed E-state index contributed by atoms with van der Waals surface area (Å²) in [6.07, 6.45) is 1.43. The number of anilines is 1. The Hall–Kier alpha value is -4.10. The number of carbonyl (C=O) groups excluding carboxylic acids is 3. The Bertz CT molecular complexity index is 1250. The second-order valence-corrected chi connectivity index (χ2v) is 7.90. The zero-order chi connectivity index (χ0) is 24.1. The third kappa shape index (κ3) is 5.27. The minimum atomic E-state index is -0.814. The quantitative estimate of drug-likeness (QED) is 0.301. The number of imide groups is 2. The van der Waals surface area contributed by atoms with E-state index in [1.807, 2.05) is 31.2 Å². The molecule has 1 aliphatic rings. The maximum absolute atomic E-state index is 12.9. The van der Waals surface area contributed by atoms with Crippen molar-refractivity contribution >= 4 is 41.2 Å². The van der Waals surface area contributed by atoms with Crippen molar-refractivity contribution in [2.24, 2.45) is 0 Å². The van der Waals surface area contributed by atoms with E-state index >= 15 is 0 Å². The van der Waals surface area contributed by atoms with Crippen LogP contribution in [-0.2, 0) is 9.59 Å². The lowest BCUT2D eigenvalue weighted by atomic mass is 10.1. The number of hydrogen-bond donors (Lipinski definition) is 1. The monoisotopic (exact) mass is 476 g/mol. The fourth-order valence-electron chi connectivity index (χ4n) is 3.34. The van der Waals surface area contributed by atoms with Gasteiger partial charge in [0, 0.05) is 5.02 Å². The number of benzene rings is 3. The molecule has 0 saturated carbocycles.